The number of hydrogen-bond acceptors (Lipinski definition) is 5. The van der Waals surface area contributed by atoms with Crippen LogP contribution in [-0.4, -0.2) is 16.7 Å². The van der Waals surface area contributed by atoms with Gasteiger partial charge in [-0.05, 0) is 36.0 Å². The van der Waals surface area contributed by atoms with E-state index in [4.69, 9.17) is 10.3 Å². The third-order valence-electron chi connectivity index (χ3n) is 3.04. The third kappa shape index (κ3) is 2.79. The smallest absolute Gasteiger partial charge is 0.258 e. The van der Waals surface area contributed by atoms with Gasteiger partial charge >= 0.3 is 0 Å². The second-order valence-corrected chi connectivity index (χ2v) is 5.50. The third-order valence-corrected chi connectivity index (χ3v) is 3.92. The maximum atomic E-state index is 5.64. The second kappa shape index (κ2) is 5.98. The van der Waals surface area contributed by atoms with Crippen molar-refractivity contribution in [1.29, 1.82) is 0 Å². The lowest BCUT2D eigenvalue weighted by molar-refractivity contribution is 0.423. The largest absolute Gasteiger partial charge is 0.334 e. The van der Waals surface area contributed by atoms with E-state index in [0.717, 1.165) is 17.5 Å². The Morgan fingerprint density at radius 1 is 1.15 bits per heavy atom. The summed E-state index contributed by atoms with van der Waals surface area (Å²) in [4.78, 5) is 5.72. The zero-order chi connectivity index (χ0) is 13.8. The molecule has 0 aliphatic heterocycles. The quantitative estimate of drug-likeness (QED) is 0.783. The summed E-state index contributed by atoms with van der Waals surface area (Å²) in [6.45, 7) is 0.604. The molecule has 3 rings (SSSR count). The van der Waals surface area contributed by atoms with Crippen LogP contribution >= 0.6 is 11.3 Å². The minimum absolute atomic E-state index is 0.570. The Morgan fingerprint density at radius 3 is 2.85 bits per heavy atom. The van der Waals surface area contributed by atoms with Crippen molar-refractivity contribution in [3.05, 3.63) is 58.0 Å². The summed E-state index contributed by atoms with van der Waals surface area (Å²) in [5.74, 6) is 1.28. The van der Waals surface area contributed by atoms with E-state index in [1.807, 2.05) is 35.7 Å². The van der Waals surface area contributed by atoms with Crippen LogP contribution in [0.1, 0.15) is 16.3 Å². The molecule has 0 aliphatic rings. The average Bonchev–Trinajstić information content (AvgIpc) is 3.12. The first-order chi connectivity index (χ1) is 9.86. The molecule has 2 N–H and O–H groups in total. The molecule has 5 heteroatoms. The van der Waals surface area contributed by atoms with Gasteiger partial charge in [0, 0.05) is 16.9 Å². The van der Waals surface area contributed by atoms with E-state index in [1.54, 1.807) is 11.3 Å². The summed E-state index contributed by atoms with van der Waals surface area (Å²) in [5.41, 5.74) is 7.75. The molecule has 102 valence electrons. The fourth-order valence-electron chi connectivity index (χ4n) is 2.11. The second-order valence-electron chi connectivity index (χ2n) is 4.47. The van der Waals surface area contributed by atoms with Crippen LogP contribution in [0.25, 0.3) is 11.5 Å². The Morgan fingerprint density at radius 2 is 2.05 bits per heavy atom. The monoisotopic (exact) mass is 285 g/mol. The van der Waals surface area contributed by atoms with Crippen LogP contribution in [0.4, 0.5) is 0 Å². The highest BCUT2D eigenvalue weighted by Crippen LogP contribution is 2.23. The van der Waals surface area contributed by atoms with Gasteiger partial charge in [-0.1, -0.05) is 29.4 Å². The summed E-state index contributed by atoms with van der Waals surface area (Å²) < 4.78 is 5.39. The number of nitrogens with zero attached hydrogens (tertiary/aromatic N) is 2. The number of benzene rings is 1. The van der Waals surface area contributed by atoms with Gasteiger partial charge in [-0.15, -0.1) is 11.3 Å². The first-order valence-electron chi connectivity index (χ1n) is 6.50. The number of rotatable bonds is 5. The van der Waals surface area contributed by atoms with E-state index >= 15 is 0 Å². The minimum Gasteiger partial charge on any atom is -0.334 e. The molecule has 0 amide bonds. The van der Waals surface area contributed by atoms with Crippen molar-refractivity contribution >= 4 is 11.3 Å². The van der Waals surface area contributed by atoms with Crippen molar-refractivity contribution in [3.63, 3.8) is 0 Å². The Hall–Kier alpha value is -1.98. The topological polar surface area (TPSA) is 64.9 Å². The lowest BCUT2D eigenvalue weighted by Crippen LogP contribution is -2.03. The van der Waals surface area contributed by atoms with Gasteiger partial charge < -0.3 is 10.3 Å². The molecule has 2 aromatic heterocycles. The SMILES string of the molecule is NCCc1ccccc1-c1nc(Cc2cccs2)no1. The highest BCUT2D eigenvalue weighted by atomic mass is 32.1. The van der Waals surface area contributed by atoms with Gasteiger partial charge in [0.25, 0.3) is 5.89 Å². The van der Waals surface area contributed by atoms with Crippen LogP contribution in [0.5, 0.6) is 0 Å². The summed E-state index contributed by atoms with van der Waals surface area (Å²) >= 11 is 1.70. The molecule has 20 heavy (non-hydrogen) atoms. The van der Waals surface area contributed by atoms with Crippen LogP contribution in [0.15, 0.2) is 46.3 Å². The predicted octanol–water partition coefficient (Wildman–Crippen LogP) is 2.89. The van der Waals surface area contributed by atoms with Gasteiger partial charge in [0.2, 0.25) is 0 Å². The Kier molecular flexibility index (Phi) is 3.90. The van der Waals surface area contributed by atoms with E-state index in [0.29, 0.717) is 24.7 Å². The van der Waals surface area contributed by atoms with Crippen molar-refractivity contribution in [2.75, 3.05) is 6.54 Å². The average molecular weight is 285 g/mol. The molecule has 0 spiro atoms. The predicted molar refractivity (Wildman–Crippen MR) is 79.6 cm³/mol. The van der Waals surface area contributed by atoms with Crippen LogP contribution in [0.3, 0.4) is 0 Å². The molecule has 2 heterocycles. The van der Waals surface area contributed by atoms with Gasteiger partial charge in [0.05, 0.1) is 0 Å². The molecule has 0 fully saturated rings. The molecule has 0 atom stereocenters. The van der Waals surface area contributed by atoms with E-state index < -0.39 is 0 Å². The van der Waals surface area contributed by atoms with Gasteiger partial charge in [0.15, 0.2) is 5.82 Å². The summed E-state index contributed by atoms with van der Waals surface area (Å²) in [6, 6.07) is 12.1. The van der Waals surface area contributed by atoms with E-state index in [-0.39, 0.29) is 0 Å². The fraction of sp³-hybridized carbons (Fsp3) is 0.200. The van der Waals surface area contributed by atoms with Crippen LogP contribution in [0, 0.1) is 0 Å². The molecule has 1 aromatic carbocycles. The first kappa shape index (κ1) is 13.0. The van der Waals surface area contributed by atoms with Crippen molar-refractivity contribution in [3.8, 4) is 11.5 Å². The molecule has 4 nitrogen and oxygen atoms in total. The number of hydrogen-bond donors (Lipinski definition) is 1. The lowest BCUT2D eigenvalue weighted by atomic mass is 10.0. The normalized spacial score (nSPS) is 10.8. The molecule has 3 aromatic rings. The summed E-state index contributed by atoms with van der Waals surface area (Å²) in [6.07, 6.45) is 1.51. The molecule has 0 saturated carbocycles. The van der Waals surface area contributed by atoms with Crippen molar-refractivity contribution in [2.24, 2.45) is 5.73 Å². The zero-order valence-electron chi connectivity index (χ0n) is 11.0. The Labute approximate surface area is 121 Å². The van der Waals surface area contributed by atoms with Gasteiger partial charge in [0.1, 0.15) is 0 Å². The lowest BCUT2D eigenvalue weighted by Gasteiger charge is -2.03. The van der Waals surface area contributed by atoms with Crippen molar-refractivity contribution in [2.45, 2.75) is 12.8 Å². The highest BCUT2D eigenvalue weighted by Gasteiger charge is 2.12. The Balaban J connectivity index is 1.86. The van der Waals surface area contributed by atoms with Crippen molar-refractivity contribution < 1.29 is 4.52 Å². The summed E-state index contributed by atoms with van der Waals surface area (Å²) in [7, 11) is 0. The first-order valence-corrected chi connectivity index (χ1v) is 7.38. The molecule has 0 aliphatic carbocycles. The Bertz CT molecular complexity index is 676. The van der Waals surface area contributed by atoms with Gasteiger partial charge in [-0.3, -0.25) is 0 Å². The maximum absolute atomic E-state index is 5.64. The standard InChI is InChI=1S/C15H15N3OS/c16-8-7-11-4-1-2-6-13(11)15-17-14(18-19-15)10-12-5-3-9-20-12/h1-6,9H,7-8,10,16H2. The number of thiophene rings is 1. The fourth-order valence-corrected chi connectivity index (χ4v) is 2.81. The van der Waals surface area contributed by atoms with E-state index in [2.05, 4.69) is 16.2 Å². The molecular formula is C15H15N3OS. The minimum atomic E-state index is 0.570. The summed E-state index contributed by atoms with van der Waals surface area (Å²) in [5, 5.41) is 6.11. The van der Waals surface area contributed by atoms with Crippen LogP contribution in [0.2, 0.25) is 0 Å². The molecule has 0 saturated heterocycles. The highest BCUT2D eigenvalue weighted by molar-refractivity contribution is 7.09. The molecule has 0 unspecified atom stereocenters. The molecular weight excluding hydrogens is 270 g/mol. The van der Waals surface area contributed by atoms with Crippen molar-refractivity contribution in [1.82, 2.24) is 10.1 Å². The van der Waals surface area contributed by atoms with Gasteiger partial charge in [-0.2, -0.15) is 4.98 Å². The van der Waals surface area contributed by atoms with Crippen LogP contribution in [-0.2, 0) is 12.8 Å². The van der Waals surface area contributed by atoms with E-state index in [9.17, 15) is 0 Å². The number of nitrogens with two attached hydrogens (primary N) is 1. The molecule has 0 bridgehead atoms. The number of aromatic nitrogens is 2. The van der Waals surface area contributed by atoms with Crippen LogP contribution < -0.4 is 5.73 Å². The molecule has 0 radical (unpaired) electrons. The zero-order valence-corrected chi connectivity index (χ0v) is 11.8. The maximum Gasteiger partial charge on any atom is 0.258 e. The van der Waals surface area contributed by atoms with E-state index in [1.165, 1.54) is 4.88 Å². The van der Waals surface area contributed by atoms with Gasteiger partial charge in [-0.25, -0.2) is 0 Å².